The summed E-state index contributed by atoms with van der Waals surface area (Å²) in [6, 6.07) is 5.93. The number of furan rings is 1. The lowest BCUT2D eigenvalue weighted by molar-refractivity contribution is -0.137. The molecule has 0 spiro atoms. The largest absolute Gasteiger partial charge is 0.457 e. The van der Waals surface area contributed by atoms with Crippen molar-refractivity contribution in [2.45, 2.75) is 31.9 Å². The van der Waals surface area contributed by atoms with Gasteiger partial charge in [-0.1, -0.05) is 29.8 Å². The highest BCUT2D eigenvalue weighted by molar-refractivity contribution is 8.26. The highest BCUT2D eigenvalue weighted by Gasteiger charge is 2.34. The van der Waals surface area contributed by atoms with Gasteiger partial charge >= 0.3 is 6.18 Å². The third-order valence-electron chi connectivity index (χ3n) is 5.59. The summed E-state index contributed by atoms with van der Waals surface area (Å²) in [6.07, 6.45) is 0.585. The Kier molecular flexibility index (Phi) is 7.89. The third-order valence-corrected chi connectivity index (χ3v) is 7.23. The van der Waals surface area contributed by atoms with Crippen LogP contribution in [0.5, 0.6) is 0 Å². The first-order valence-corrected chi connectivity index (χ1v) is 12.5. The van der Waals surface area contributed by atoms with E-state index in [9.17, 15) is 22.8 Å². The van der Waals surface area contributed by atoms with Gasteiger partial charge in [0.1, 0.15) is 11.5 Å². The molecule has 0 radical (unpaired) electrons. The number of likely N-dealkylation sites (tertiary alicyclic amines) is 1. The van der Waals surface area contributed by atoms with Crippen LogP contribution in [0.15, 0.2) is 39.7 Å². The first kappa shape index (κ1) is 25.7. The topological polar surface area (TPSA) is 65.8 Å². The van der Waals surface area contributed by atoms with E-state index in [-0.39, 0.29) is 43.7 Å². The van der Waals surface area contributed by atoms with Crippen LogP contribution in [0.3, 0.4) is 0 Å². The number of rotatable bonds is 6. The number of halogens is 4. The summed E-state index contributed by atoms with van der Waals surface area (Å²) in [5.41, 5.74) is 1.78. The van der Waals surface area contributed by atoms with Crippen molar-refractivity contribution in [3.05, 3.63) is 51.6 Å². The summed E-state index contributed by atoms with van der Waals surface area (Å²) in [4.78, 5) is 27.6. The highest BCUT2D eigenvalue weighted by atomic mass is 35.5. The van der Waals surface area contributed by atoms with Crippen molar-refractivity contribution in [2.75, 3.05) is 19.6 Å². The van der Waals surface area contributed by atoms with Gasteiger partial charge in [-0.25, -0.2) is 0 Å². The molecule has 1 aromatic carbocycles. The van der Waals surface area contributed by atoms with E-state index in [1.165, 1.54) is 24.6 Å². The number of benzene rings is 1. The zero-order valence-electron chi connectivity index (χ0n) is 18.4. The summed E-state index contributed by atoms with van der Waals surface area (Å²) in [6.45, 7) is 2.55. The fourth-order valence-corrected chi connectivity index (χ4v) is 5.15. The average molecular weight is 544 g/mol. The molecular weight excluding hydrogens is 523 g/mol. The lowest BCUT2D eigenvalue weighted by Gasteiger charge is -2.26. The van der Waals surface area contributed by atoms with Crippen molar-refractivity contribution in [2.24, 2.45) is 0 Å². The van der Waals surface area contributed by atoms with Crippen LogP contribution in [-0.4, -0.2) is 45.7 Å². The van der Waals surface area contributed by atoms with Gasteiger partial charge in [0.2, 0.25) is 5.91 Å². The zero-order valence-corrected chi connectivity index (χ0v) is 20.8. The van der Waals surface area contributed by atoms with Crippen molar-refractivity contribution in [1.29, 1.82) is 0 Å². The van der Waals surface area contributed by atoms with Crippen LogP contribution in [0.25, 0.3) is 17.4 Å². The normalized spacial score (nSPS) is 18.5. The summed E-state index contributed by atoms with van der Waals surface area (Å²) < 4.78 is 45.0. The summed E-state index contributed by atoms with van der Waals surface area (Å²) >= 11 is 12.3. The van der Waals surface area contributed by atoms with Crippen molar-refractivity contribution in [3.8, 4) is 11.3 Å². The Balaban J connectivity index is 1.42. The fraction of sp³-hybridized carbons (Fsp3) is 0.348. The van der Waals surface area contributed by atoms with E-state index in [0.717, 1.165) is 60.9 Å². The molecule has 3 heterocycles. The molecule has 2 amide bonds. The smallest absolute Gasteiger partial charge is 0.416 e. The molecule has 35 heavy (non-hydrogen) atoms. The van der Waals surface area contributed by atoms with Crippen LogP contribution in [0.2, 0.25) is 5.02 Å². The van der Waals surface area contributed by atoms with Gasteiger partial charge in [-0.3, -0.25) is 15.0 Å². The predicted octanol–water partition coefficient (Wildman–Crippen LogP) is 5.73. The Morgan fingerprint density at radius 3 is 2.66 bits per heavy atom. The van der Waals surface area contributed by atoms with Gasteiger partial charge in [-0.05, 0) is 68.5 Å². The molecule has 0 atom stereocenters. The second kappa shape index (κ2) is 10.7. The highest BCUT2D eigenvalue weighted by Crippen LogP contribution is 2.37. The van der Waals surface area contributed by atoms with Crippen molar-refractivity contribution < 1.29 is 27.2 Å². The van der Waals surface area contributed by atoms with E-state index in [1.54, 1.807) is 0 Å². The number of amides is 2. The molecule has 186 valence electrons. The van der Waals surface area contributed by atoms with Crippen molar-refractivity contribution in [3.63, 3.8) is 0 Å². The minimum atomic E-state index is -4.53. The maximum atomic E-state index is 13.1. The molecule has 1 N–H and O–H groups in total. The second-order valence-electron chi connectivity index (χ2n) is 8.10. The number of nitrogens with one attached hydrogen (secondary N) is 1. The number of hydrazine groups is 1. The number of alkyl halides is 3. The Morgan fingerprint density at radius 2 is 1.94 bits per heavy atom. The molecule has 2 fully saturated rings. The molecule has 0 bridgehead atoms. The predicted molar refractivity (Wildman–Crippen MR) is 132 cm³/mol. The Hall–Kier alpha value is -2.34. The zero-order chi connectivity index (χ0) is 25.2. The molecule has 0 aliphatic carbocycles. The van der Waals surface area contributed by atoms with Gasteiger partial charge in [-0.2, -0.15) is 18.2 Å². The van der Waals surface area contributed by atoms with Gasteiger partial charge in [0.25, 0.3) is 5.91 Å². The molecule has 1 aromatic heterocycles. The number of carbonyl (C=O) groups excluding carboxylic acids is 2. The van der Waals surface area contributed by atoms with Gasteiger partial charge in [0.15, 0.2) is 4.32 Å². The Bertz CT molecular complexity index is 1180. The molecule has 6 nitrogen and oxygen atoms in total. The van der Waals surface area contributed by atoms with E-state index in [4.69, 9.17) is 28.2 Å². The molecule has 2 saturated heterocycles. The second-order valence-corrected chi connectivity index (χ2v) is 10.2. The van der Waals surface area contributed by atoms with Crippen LogP contribution in [0, 0.1) is 0 Å². The number of carbonyl (C=O) groups is 2. The standard InChI is InChI=1S/C23H21ClF3N3O3S2/c24-17-6-4-14(23(25,26)27)12-16(17)18-7-5-15(33-18)13-19-21(32)30(22(34)35-19)28-20(31)8-11-29-9-2-1-3-10-29/h4-7,12-13H,1-3,8-11H2,(H,28,31). The molecule has 12 heteroatoms. The molecule has 2 aromatic rings. The quantitative estimate of drug-likeness (QED) is 0.371. The lowest BCUT2D eigenvalue weighted by Crippen LogP contribution is -2.46. The van der Waals surface area contributed by atoms with Crippen LogP contribution < -0.4 is 5.43 Å². The van der Waals surface area contributed by atoms with E-state index in [1.807, 2.05) is 0 Å². The molecule has 0 saturated carbocycles. The minimum Gasteiger partial charge on any atom is -0.457 e. The SMILES string of the molecule is O=C(CCN1CCCCC1)NN1C(=O)C(=Cc2ccc(-c3cc(C(F)(F)F)ccc3Cl)o2)SC1=S. The summed E-state index contributed by atoms with van der Waals surface area (Å²) in [5, 5.41) is 1.12. The van der Waals surface area contributed by atoms with Crippen LogP contribution in [0.4, 0.5) is 13.2 Å². The van der Waals surface area contributed by atoms with Gasteiger partial charge in [0, 0.05) is 24.6 Å². The maximum Gasteiger partial charge on any atom is 0.416 e. The van der Waals surface area contributed by atoms with E-state index < -0.39 is 17.6 Å². The molecule has 2 aliphatic heterocycles. The molecular formula is C23H21ClF3N3O3S2. The minimum absolute atomic E-state index is 0.0784. The number of thiocarbonyl (C=S) groups is 1. The van der Waals surface area contributed by atoms with Gasteiger partial charge in [-0.15, -0.1) is 0 Å². The number of thioether (sulfide) groups is 1. The molecule has 0 unspecified atom stereocenters. The summed E-state index contributed by atoms with van der Waals surface area (Å²) in [7, 11) is 0. The monoisotopic (exact) mass is 543 g/mol. The molecule has 4 rings (SSSR count). The average Bonchev–Trinajstić information content (AvgIpc) is 3.38. The van der Waals surface area contributed by atoms with E-state index in [0.29, 0.717) is 6.54 Å². The number of nitrogens with zero attached hydrogens (tertiary/aromatic N) is 2. The fourth-order valence-electron chi connectivity index (χ4n) is 3.78. The van der Waals surface area contributed by atoms with Crippen LogP contribution in [0.1, 0.15) is 37.0 Å². The summed E-state index contributed by atoms with van der Waals surface area (Å²) in [5.74, 6) is -0.479. The van der Waals surface area contributed by atoms with Crippen molar-refractivity contribution in [1.82, 2.24) is 15.3 Å². The van der Waals surface area contributed by atoms with Crippen molar-refractivity contribution >= 4 is 57.8 Å². The number of hydrogen-bond donors (Lipinski definition) is 1. The first-order chi connectivity index (χ1) is 16.6. The molecule has 2 aliphatic rings. The first-order valence-electron chi connectivity index (χ1n) is 10.9. The lowest BCUT2D eigenvalue weighted by atomic mass is 10.1. The number of piperidine rings is 1. The van der Waals surface area contributed by atoms with Crippen LogP contribution in [-0.2, 0) is 15.8 Å². The maximum absolute atomic E-state index is 13.1. The Morgan fingerprint density at radius 1 is 1.20 bits per heavy atom. The van der Waals surface area contributed by atoms with Gasteiger partial charge in [0.05, 0.1) is 15.5 Å². The Labute approximate surface area is 214 Å². The van der Waals surface area contributed by atoms with Crippen LogP contribution >= 0.6 is 35.6 Å². The van der Waals surface area contributed by atoms with E-state index in [2.05, 4.69) is 10.3 Å². The third kappa shape index (κ3) is 6.27. The van der Waals surface area contributed by atoms with E-state index >= 15 is 0 Å². The van der Waals surface area contributed by atoms with Gasteiger partial charge < -0.3 is 9.32 Å². The number of hydrogen-bond acceptors (Lipinski definition) is 6.